The van der Waals surface area contributed by atoms with Crippen molar-refractivity contribution in [1.29, 1.82) is 0 Å². The number of aromatic nitrogens is 2. The lowest BCUT2D eigenvalue weighted by Crippen LogP contribution is -2.23. The number of thiophene rings is 1. The maximum Gasteiger partial charge on any atom is 0.272 e. The first-order valence-corrected chi connectivity index (χ1v) is 11.7. The number of anilines is 1. The fourth-order valence-corrected chi connectivity index (χ4v) is 5.00. The van der Waals surface area contributed by atoms with Gasteiger partial charge < -0.3 is 10.1 Å². The summed E-state index contributed by atoms with van der Waals surface area (Å²) in [5, 5.41) is 3.33. The van der Waals surface area contributed by atoms with Gasteiger partial charge in [-0.15, -0.1) is 17.9 Å². The summed E-state index contributed by atoms with van der Waals surface area (Å²) in [6.07, 6.45) is 1.65. The van der Waals surface area contributed by atoms with Crippen LogP contribution in [0, 0.1) is 0 Å². The van der Waals surface area contributed by atoms with Gasteiger partial charge in [0.1, 0.15) is 10.4 Å². The van der Waals surface area contributed by atoms with Crippen LogP contribution in [0.1, 0.15) is 0 Å². The van der Waals surface area contributed by atoms with E-state index in [1.54, 1.807) is 42.0 Å². The van der Waals surface area contributed by atoms with Crippen LogP contribution >= 0.6 is 23.1 Å². The van der Waals surface area contributed by atoms with E-state index in [-0.39, 0.29) is 17.2 Å². The van der Waals surface area contributed by atoms with Crippen molar-refractivity contribution in [3.63, 3.8) is 0 Å². The van der Waals surface area contributed by atoms with Gasteiger partial charge in [0.2, 0.25) is 5.91 Å². The van der Waals surface area contributed by atoms with Crippen molar-refractivity contribution in [1.82, 2.24) is 9.55 Å². The predicted octanol–water partition coefficient (Wildman–Crippen LogP) is 5.05. The Morgan fingerprint density at radius 3 is 2.66 bits per heavy atom. The van der Waals surface area contributed by atoms with Crippen LogP contribution in [0.4, 0.5) is 5.69 Å². The molecule has 2 aromatic carbocycles. The molecule has 0 saturated carbocycles. The van der Waals surface area contributed by atoms with Crippen LogP contribution in [0.3, 0.4) is 0 Å². The molecule has 0 fully saturated rings. The first kappa shape index (κ1) is 21.9. The highest BCUT2D eigenvalue weighted by molar-refractivity contribution is 7.99. The minimum Gasteiger partial charge on any atom is -0.497 e. The number of fused-ring (bicyclic) bond motifs is 1. The number of carbonyl (C=O) groups is 1. The Hall–Kier alpha value is -3.36. The number of nitrogens with one attached hydrogen (secondary N) is 1. The molecule has 4 rings (SSSR count). The number of thioether (sulfide) groups is 1. The lowest BCUT2D eigenvalue weighted by molar-refractivity contribution is -0.113. The minimum absolute atomic E-state index is 0.122. The first-order valence-electron chi connectivity index (χ1n) is 9.86. The van der Waals surface area contributed by atoms with E-state index in [1.165, 1.54) is 23.1 Å². The molecule has 4 aromatic rings. The molecule has 0 unspecified atom stereocenters. The largest absolute Gasteiger partial charge is 0.497 e. The number of carbonyl (C=O) groups excluding carboxylic acids is 1. The molecular weight excluding hydrogens is 442 g/mol. The Kier molecular flexibility index (Phi) is 6.72. The molecule has 0 aliphatic heterocycles. The number of allylic oxidation sites excluding steroid dienone is 1. The van der Waals surface area contributed by atoms with Crippen molar-refractivity contribution in [2.45, 2.75) is 11.7 Å². The summed E-state index contributed by atoms with van der Waals surface area (Å²) in [5.74, 6) is 0.653. The summed E-state index contributed by atoms with van der Waals surface area (Å²) < 4.78 is 7.28. The average molecular weight is 464 g/mol. The third kappa shape index (κ3) is 4.76. The molecular formula is C24H21N3O3S2. The number of rotatable bonds is 8. The molecule has 2 aromatic heterocycles. The van der Waals surface area contributed by atoms with Crippen molar-refractivity contribution < 1.29 is 9.53 Å². The Labute approximate surface area is 193 Å². The lowest BCUT2D eigenvalue weighted by Gasteiger charge is -2.10. The maximum absolute atomic E-state index is 13.1. The second-order valence-electron chi connectivity index (χ2n) is 6.86. The first-order chi connectivity index (χ1) is 15.6. The van der Waals surface area contributed by atoms with Gasteiger partial charge in [-0.3, -0.25) is 14.2 Å². The molecule has 0 spiro atoms. The van der Waals surface area contributed by atoms with E-state index in [0.717, 1.165) is 10.4 Å². The van der Waals surface area contributed by atoms with Crippen LogP contribution in [0.5, 0.6) is 5.75 Å². The quantitative estimate of drug-likeness (QED) is 0.225. The van der Waals surface area contributed by atoms with E-state index < -0.39 is 0 Å². The standard InChI is InChI=1S/C24H21N3O3S2/c1-3-13-27-23(29)22-19(14-20(32-22)16-7-5-4-6-8-16)26-24(27)31-15-21(28)25-17-9-11-18(30-2)12-10-17/h3-12,14H,1,13,15H2,2H3,(H,25,28). The van der Waals surface area contributed by atoms with Gasteiger partial charge in [0.15, 0.2) is 5.16 Å². The van der Waals surface area contributed by atoms with Gasteiger partial charge in [0.05, 0.1) is 18.4 Å². The van der Waals surface area contributed by atoms with Crippen LogP contribution in [-0.4, -0.2) is 28.3 Å². The van der Waals surface area contributed by atoms with Crippen molar-refractivity contribution in [2.24, 2.45) is 0 Å². The van der Waals surface area contributed by atoms with Gasteiger partial charge in [-0.2, -0.15) is 0 Å². The van der Waals surface area contributed by atoms with E-state index in [2.05, 4.69) is 11.9 Å². The third-order valence-corrected chi connectivity index (χ3v) is 6.81. The number of hydrogen-bond acceptors (Lipinski definition) is 6. The highest BCUT2D eigenvalue weighted by Gasteiger charge is 2.16. The summed E-state index contributed by atoms with van der Waals surface area (Å²) in [6, 6.07) is 18.9. The Balaban J connectivity index is 1.57. The average Bonchev–Trinajstić information content (AvgIpc) is 3.25. The van der Waals surface area contributed by atoms with E-state index in [9.17, 15) is 9.59 Å². The topological polar surface area (TPSA) is 73.2 Å². The van der Waals surface area contributed by atoms with Gasteiger partial charge >= 0.3 is 0 Å². The fourth-order valence-electron chi connectivity index (χ4n) is 3.14. The van der Waals surface area contributed by atoms with Gasteiger partial charge in [0.25, 0.3) is 5.56 Å². The molecule has 8 heteroatoms. The molecule has 0 radical (unpaired) electrons. The number of methoxy groups -OCH3 is 1. The summed E-state index contributed by atoms with van der Waals surface area (Å²) in [6.45, 7) is 4.08. The molecule has 32 heavy (non-hydrogen) atoms. The number of ether oxygens (including phenoxy) is 1. The maximum atomic E-state index is 13.1. The molecule has 0 bridgehead atoms. The van der Waals surface area contributed by atoms with Crippen molar-refractivity contribution in [2.75, 3.05) is 18.2 Å². The third-order valence-electron chi connectivity index (χ3n) is 4.67. The van der Waals surface area contributed by atoms with Crippen molar-refractivity contribution >= 4 is 44.9 Å². The van der Waals surface area contributed by atoms with Gasteiger partial charge in [-0.25, -0.2) is 4.98 Å². The molecule has 0 aliphatic carbocycles. The molecule has 0 saturated heterocycles. The zero-order chi connectivity index (χ0) is 22.5. The zero-order valence-corrected chi connectivity index (χ0v) is 19.0. The number of amides is 1. The number of hydrogen-bond donors (Lipinski definition) is 1. The van der Waals surface area contributed by atoms with Crippen molar-refractivity contribution in [3.05, 3.63) is 83.7 Å². The summed E-state index contributed by atoms with van der Waals surface area (Å²) in [4.78, 5) is 31.3. The molecule has 162 valence electrons. The van der Waals surface area contributed by atoms with Crippen LogP contribution in [-0.2, 0) is 11.3 Å². The highest BCUT2D eigenvalue weighted by atomic mass is 32.2. The molecule has 6 nitrogen and oxygen atoms in total. The summed E-state index contributed by atoms with van der Waals surface area (Å²) >= 11 is 2.65. The molecule has 2 heterocycles. The number of benzene rings is 2. The Bertz CT molecular complexity index is 1310. The Morgan fingerprint density at radius 2 is 1.97 bits per heavy atom. The lowest BCUT2D eigenvalue weighted by atomic mass is 10.2. The molecule has 0 aliphatic rings. The zero-order valence-electron chi connectivity index (χ0n) is 17.4. The minimum atomic E-state index is -0.185. The molecule has 0 atom stereocenters. The second-order valence-corrected chi connectivity index (χ2v) is 8.85. The highest BCUT2D eigenvalue weighted by Crippen LogP contribution is 2.32. The normalized spacial score (nSPS) is 10.8. The van der Waals surface area contributed by atoms with Crippen LogP contribution < -0.4 is 15.6 Å². The van der Waals surface area contributed by atoms with E-state index >= 15 is 0 Å². The molecule has 1 N–H and O–H groups in total. The SMILES string of the molecule is C=CCn1c(SCC(=O)Nc2ccc(OC)cc2)nc2cc(-c3ccccc3)sc2c1=O. The smallest absolute Gasteiger partial charge is 0.272 e. The van der Waals surface area contributed by atoms with Gasteiger partial charge in [-0.05, 0) is 35.9 Å². The monoisotopic (exact) mass is 463 g/mol. The van der Waals surface area contributed by atoms with Crippen LogP contribution in [0.25, 0.3) is 20.7 Å². The van der Waals surface area contributed by atoms with Crippen molar-refractivity contribution in [3.8, 4) is 16.2 Å². The van der Waals surface area contributed by atoms with Crippen LogP contribution in [0.15, 0.2) is 83.3 Å². The van der Waals surface area contributed by atoms with E-state index in [4.69, 9.17) is 9.72 Å². The molecule has 1 amide bonds. The summed E-state index contributed by atoms with van der Waals surface area (Å²) in [7, 11) is 1.59. The second kappa shape index (κ2) is 9.84. The van der Waals surface area contributed by atoms with E-state index in [0.29, 0.717) is 33.4 Å². The van der Waals surface area contributed by atoms with Gasteiger partial charge in [0, 0.05) is 17.1 Å². The van der Waals surface area contributed by atoms with Crippen LogP contribution in [0.2, 0.25) is 0 Å². The fraction of sp³-hybridized carbons (Fsp3) is 0.125. The van der Waals surface area contributed by atoms with E-state index in [1.807, 2.05) is 36.4 Å². The Morgan fingerprint density at radius 1 is 1.22 bits per heavy atom. The van der Waals surface area contributed by atoms with Gasteiger partial charge in [-0.1, -0.05) is 48.2 Å². The number of nitrogens with zero attached hydrogens (tertiary/aromatic N) is 2. The summed E-state index contributed by atoms with van der Waals surface area (Å²) in [5.41, 5.74) is 2.23. The predicted molar refractivity (Wildman–Crippen MR) is 132 cm³/mol.